The van der Waals surface area contributed by atoms with Crippen molar-refractivity contribution in [3.8, 4) is 0 Å². The molecule has 4 nitrogen and oxygen atoms in total. The number of hydrogen-bond acceptors (Lipinski definition) is 4. The van der Waals surface area contributed by atoms with E-state index in [0.717, 1.165) is 15.5 Å². The van der Waals surface area contributed by atoms with Gasteiger partial charge in [0.1, 0.15) is 6.54 Å². The zero-order chi connectivity index (χ0) is 15.5. The minimum absolute atomic E-state index is 0.0847. The molecule has 0 atom stereocenters. The van der Waals surface area contributed by atoms with E-state index < -0.39 is 5.97 Å². The molecule has 0 saturated heterocycles. The van der Waals surface area contributed by atoms with Crippen LogP contribution in [0.2, 0.25) is 0 Å². The number of nitrogens with zero attached hydrogens (tertiary/aromatic N) is 1. The molecule has 112 valence electrons. The summed E-state index contributed by atoms with van der Waals surface area (Å²) in [5.41, 5.74) is 1.34. The van der Waals surface area contributed by atoms with E-state index in [4.69, 9.17) is 4.74 Å². The van der Waals surface area contributed by atoms with E-state index in [1.807, 2.05) is 42.5 Å². The lowest BCUT2D eigenvalue weighted by molar-refractivity contribution is -0.141. The SMILES string of the molecule is CCOC(=O)CN1C(=O)c2ccccc2Sc2ccccc21. The molecule has 2 aromatic rings. The normalized spacial score (nSPS) is 13.1. The fourth-order valence-electron chi connectivity index (χ4n) is 2.36. The number of amides is 1. The highest BCUT2D eigenvalue weighted by Gasteiger charge is 2.28. The van der Waals surface area contributed by atoms with Gasteiger partial charge in [-0.1, -0.05) is 36.0 Å². The number of hydrogen-bond donors (Lipinski definition) is 0. The maximum atomic E-state index is 12.8. The van der Waals surface area contributed by atoms with Crippen molar-refractivity contribution in [2.75, 3.05) is 18.1 Å². The molecular weight excluding hydrogens is 298 g/mol. The first-order chi connectivity index (χ1) is 10.7. The monoisotopic (exact) mass is 313 g/mol. The van der Waals surface area contributed by atoms with Crippen molar-refractivity contribution in [2.45, 2.75) is 16.7 Å². The van der Waals surface area contributed by atoms with Gasteiger partial charge in [-0.3, -0.25) is 14.5 Å². The largest absolute Gasteiger partial charge is 0.465 e. The van der Waals surface area contributed by atoms with Crippen LogP contribution in [-0.4, -0.2) is 25.0 Å². The number of ether oxygens (including phenoxy) is 1. The van der Waals surface area contributed by atoms with Crippen molar-refractivity contribution in [2.24, 2.45) is 0 Å². The van der Waals surface area contributed by atoms with Crippen LogP contribution in [0.25, 0.3) is 0 Å². The van der Waals surface area contributed by atoms with Crippen molar-refractivity contribution in [1.82, 2.24) is 0 Å². The van der Waals surface area contributed by atoms with Crippen LogP contribution in [0.3, 0.4) is 0 Å². The van der Waals surface area contributed by atoms with Crippen LogP contribution in [0.4, 0.5) is 5.69 Å². The summed E-state index contributed by atoms with van der Waals surface area (Å²) in [5.74, 6) is -0.587. The molecule has 0 aliphatic carbocycles. The van der Waals surface area contributed by atoms with Gasteiger partial charge in [0, 0.05) is 9.79 Å². The molecule has 0 saturated carbocycles. The van der Waals surface area contributed by atoms with Crippen molar-refractivity contribution in [1.29, 1.82) is 0 Å². The summed E-state index contributed by atoms with van der Waals surface area (Å²) in [6, 6.07) is 15.0. The summed E-state index contributed by atoms with van der Waals surface area (Å²) in [6.07, 6.45) is 0. The third kappa shape index (κ3) is 2.72. The van der Waals surface area contributed by atoms with Crippen molar-refractivity contribution >= 4 is 29.3 Å². The van der Waals surface area contributed by atoms with Crippen LogP contribution in [0.15, 0.2) is 58.3 Å². The van der Waals surface area contributed by atoms with E-state index in [2.05, 4.69) is 0 Å². The number of fused-ring (bicyclic) bond motifs is 2. The molecule has 1 aliphatic rings. The average molecular weight is 313 g/mol. The predicted molar refractivity (Wildman–Crippen MR) is 85.3 cm³/mol. The van der Waals surface area contributed by atoms with Crippen LogP contribution in [-0.2, 0) is 9.53 Å². The topological polar surface area (TPSA) is 46.6 Å². The Labute approximate surface area is 133 Å². The summed E-state index contributed by atoms with van der Waals surface area (Å²) in [6.45, 7) is 1.97. The Morgan fingerprint density at radius 1 is 1.09 bits per heavy atom. The molecular formula is C17H15NO3S. The number of benzene rings is 2. The Kier molecular flexibility index (Phi) is 4.15. The molecule has 1 aliphatic heterocycles. The lowest BCUT2D eigenvalue weighted by Gasteiger charge is -2.21. The maximum Gasteiger partial charge on any atom is 0.326 e. The van der Waals surface area contributed by atoms with E-state index in [-0.39, 0.29) is 12.5 Å². The fraction of sp³-hybridized carbons (Fsp3) is 0.176. The minimum Gasteiger partial charge on any atom is -0.465 e. The van der Waals surface area contributed by atoms with Gasteiger partial charge in [0.15, 0.2) is 0 Å². The van der Waals surface area contributed by atoms with Crippen LogP contribution < -0.4 is 4.90 Å². The fourth-order valence-corrected chi connectivity index (χ4v) is 3.44. The number of esters is 1. The summed E-state index contributed by atoms with van der Waals surface area (Å²) >= 11 is 1.54. The van der Waals surface area contributed by atoms with E-state index >= 15 is 0 Å². The van der Waals surface area contributed by atoms with E-state index in [1.54, 1.807) is 13.0 Å². The van der Waals surface area contributed by atoms with Gasteiger partial charge in [0.05, 0.1) is 17.9 Å². The molecule has 0 spiro atoms. The highest BCUT2D eigenvalue weighted by molar-refractivity contribution is 7.99. The zero-order valence-corrected chi connectivity index (χ0v) is 12.9. The van der Waals surface area contributed by atoms with Gasteiger partial charge >= 0.3 is 5.97 Å². The second-order valence-corrected chi connectivity index (χ2v) is 5.85. The molecule has 0 bridgehead atoms. The molecule has 5 heteroatoms. The first-order valence-corrected chi connectivity index (χ1v) is 7.85. The first-order valence-electron chi connectivity index (χ1n) is 7.04. The average Bonchev–Trinajstić information content (AvgIpc) is 2.64. The Morgan fingerprint density at radius 3 is 2.55 bits per heavy atom. The zero-order valence-electron chi connectivity index (χ0n) is 12.1. The Bertz CT molecular complexity index is 729. The predicted octanol–water partition coefficient (Wildman–Crippen LogP) is 3.36. The standard InChI is InChI=1S/C17H15NO3S/c1-2-21-16(19)11-18-13-8-4-6-10-15(13)22-14-9-5-3-7-12(14)17(18)20/h3-10H,2,11H2,1H3. The molecule has 1 heterocycles. The molecule has 0 fully saturated rings. The molecule has 0 unspecified atom stereocenters. The summed E-state index contributed by atoms with van der Waals surface area (Å²) < 4.78 is 5.00. The summed E-state index contributed by atoms with van der Waals surface area (Å²) in [5, 5.41) is 0. The van der Waals surface area contributed by atoms with Crippen LogP contribution >= 0.6 is 11.8 Å². The lowest BCUT2D eigenvalue weighted by atomic mass is 10.2. The quantitative estimate of drug-likeness (QED) is 0.815. The maximum absolute atomic E-state index is 12.8. The first kappa shape index (κ1) is 14.7. The van der Waals surface area contributed by atoms with Gasteiger partial charge < -0.3 is 4.74 Å². The number of anilines is 1. The number of rotatable bonds is 3. The lowest BCUT2D eigenvalue weighted by Crippen LogP contribution is -2.36. The minimum atomic E-state index is -0.407. The smallest absolute Gasteiger partial charge is 0.326 e. The second-order valence-electron chi connectivity index (χ2n) is 4.76. The van der Waals surface area contributed by atoms with E-state index in [9.17, 15) is 9.59 Å². The molecule has 0 aromatic heterocycles. The number of carbonyl (C=O) groups excluding carboxylic acids is 2. The van der Waals surface area contributed by atoms with Gasteiger partial charge in [0.2, 0.25) is 0 Å². The van der Waals surface area contributed by atoms with Crippen molar-refractivity contribution in [3.05, 3.63) is 54.1 Å². The molecule has 1 amide bonds. The van der Waals surface area contributed by atoms with Gasteiger partial charge in [-0.15, -0.1) is 0 Å². The molecule has 3 rings (SSSR count). The Hall–Kier alpha value is -2.27. The Morgan fingerprint density at radius 2 is 1.77 bits per heavy atom. The van der Waals surface area contributed by atoms with E-state index in [0.29, 0.717) is 12.2 Å². The van der Waals surface area contributed by atoms with Gasteiger partial charge in [-0.25, -0.2) is 0 Å². The molecule has 22 heavy (non-hydrogen) atoms. The van der Waals surface area contributed by atoms with Crippen LogP contribution in [0, 0.1) is 0 Å². The van der Waals surface area contributed by atoms with Gasteiger partial charge in [-0.05, 0) is 31.2 Å². The highest BCUT2D eigenvalue weighted by Crippen LogP contribution is 2.40. The number of carbonyl (C=O) groups is 2. The van der Waals surface area contributed by atoms with E-state index in [1.165, 1.54) is 16.7 Å². The van der Waals surface area contributed by atoms with Crippen LogP contribution in [0.1, 0.15) is 17.3 Å². The molecule has 2 aromatic carbocycles. The van der Waals surface area contributed by atoms with Gasteiger partial charge in [0.25, 0.3) is 5.91 Å². The third-order valence-electron chi connectivity index (χ3n) is 3.33. The summed E-state index contributed by atoms with van der Waals surface area (Å²) in [7, 11) is 0. The summed E-state index contributed by atoms with van der Waals surface area (Å²) in [4.78, 5) is 28.0. The highest BCUT2D eigenvalue weighted by atomic mass is 32.2. The molecule has 0 radical (unpaired) electrons. The Balaban J connectivity index is 2.07. The van der Waals surface area contributed by atoms with Crippen LogP contribution in [0.5, 0.6) is 0 Å². The molecule has 0 N–H and O–H groups in total. The number of para-hydroxylation sites is 1. The van der Waals surface area contributed by atoms with Gasteiger partial charge in [-0.2, -0.15) is 0 Å². The third-order valence-corrected chi connectivity index (χ3v) is 4.47. The second kappa shape index (κ2) is 6.23. The van der Waals surface area contributed by atoms with Crippen molar-refractivity contribution < 1.29 is 14.3 Å². The van der Waals surface area contributed by atoms with Crippen molar-refractivity contribution in [3.63, 3.8) is 0 Å².